The van der Waals surface area contributed by atoms with Gasteiger partial charge in [-0.05, 0) is 37.1 Å². The zero-order chi connectivity index (χ0) is 10.7. The van der Waals surface area contributed by atoms with Gasteiger partial charge >= 0.3 is 0 Å². The lowest BCUT2D eigenvalue weighted by Crippen LogP contribution is -2.37. The number of halogens is 1. The van der Waals surface area contributed by atoms with Crippen LogP contribution >= 0.6 is 15.9 Å². The van der Waals surface area contributed by atoms with Crippen molar-refractivity contribution in [2.45, 2.75) is 25.5 Å². The van der Waals surface area contributed by atoms with Gasteiger partial charge in [0.05, 0.1) is 6.10 Å². The van der Waals surface area contributed by atoms with Gasteiger partial charge in [0.2, 0.25) is 0 Å². The average Bonchev–Trinajstić information content (AvgIpc) is 2.17. The number of likely N-dealkylation sites (tertiary alicyclic amines) is 1. The summed E-state index contributed by atoms with van der Waals surface area (Å²) in [6.07, 6.45) is 1.93. The Kier molecular flexibility index (Phi) is 3.78. The van der Waals surface area contributed by atoms with Gasteiger partial charge in [0, 0.05) is 17.6 Å². The van der Waals surface area contributed by atoms with E-state index in [-0.39, 0.29) is 6.10 Å². The second-order valence-corrected chi connectivity index (χ2v) is 5.08. The molecular formula is C12H16BrNO. The van der Waals surface area contributed by atoms with Crippen molar-refractivity contribution in [2.75, 3.05) is 13.1 Å². The van der Waals surface area contributed by atoms with Crippen LogP contribution in [0.25, 0.3) is 0 Å². The maximum Gasteiger partial charge on any atom is 0.0667 e. The van der Waals surface area contributed by atoms with Gasteiger partial charge in [0.1, 0.15) is 0 Å². The predicted octanol–water partition coefficient (Wildman–Crippen LogP) is 2.41. The molecule has 15 heavy (non-hydrogen) atoms. The molecule has 0 spiro atoms. The molecular weight excluding hydrogens is 254 g/mol. The Balaban J connectivity index is 1.96. The molecule has 2 nitrogen and oxygen atoms in total. The molecule has 82 valence electrons. The summed E-state index contributed by atoms with van der Waals surface area (Å²) in [5.74, 6) is 0. The molecule has 1 N–H and O–H groups in total. The molecule has 1 atom stereocenters. The molecule has 1 heterocycles. The van der Waals surface area contributed by atoms with E-state index in [1.165, 1.54) is 5.56 Å². The van der Waals surface area contributed by atoms with Crippen molar-refractivity contribution in [1.82, 2.24) is 4.90 Å². The monoisotopic (exact) mass is 269 g/mol. The van der Waals surface area contributed by atoms with Crippen LogP contribution < -0.4 is 0 Å². The van der Waals surface area contributed by atoms with E-state index in [1.807, 2.05) is 6.07 Å². The summed E-state index contributed by atoms with van der Waals surface area (Å²) in [5.41, 5.74) is 1.30. The molecule has 1 aliphatic rings. The quantitative estimate of drug-likeness (QED) is 0.892. The highest BCUT2D eigenvalue weighted by atomic mass is 79.9. The number of aliphatic hydroxyl groups is 1. The van der Waals surface area contributed by atoms with Gasteiger partial charge in [-0.25, -0.2) is 0 Å². The maximum absolute atomic E-state index is 9.56. The standard InChI is InChI=1S/C12H16BrNO/c13-11-4-1-3-10(7-11)8-14-6-2-5-12(15)9-14/h1,3-4,7,12,15H,2,5-6,8-9H2/t12-/m0/s1. The first-order chi connectivity index (χ1) is 7.24. The number of nitrogens with zero attached hydrogens (tertiary/aromatic N) is 1. The van der Waals surface area contributed by atoms with Gasteiger partial charge < -0.3 is 5.11 Å². The summed E-state index contributed by atoms with van der Waals surface area (Å²) < 4.78 is 1.12. The number of β-amino-alcohol motifs (C(OH)–C–C–N with tert-alkyl or cyclic N) is 1. The van der Waals surface area contributed by atoms with Crippen LogP contribution in [0.4, 0.5) is 0 Å². The van der Waals surface area contributed by atoms with Crippen LogP contribution in [0.1, 0.15) is 18.4 Å². The van der Waals surface area contributed by atoms with Gasteiger partial charge in [-0.1, -0.05) is 28.1 Å². The fourth-order valence-electron chi connectivity index (χ4n) is 2.07. The molecule has 1 aromatic rings. The van der Waals surface area contributed by atoms with E-state index >= 15 is 0 Å². The number of piperidine rings is 1. The van der Waals surface area contributed by atoms with Crippen molar-refractivity contribution in [1.29, 1.82) is 0 Å². The molecule has 1 aliphatic heterocycles. The first-order valence-electron chi connectivity index (χ1n) is 5.39. The zero-order valence-corrected chi connectivity index (χ0v) is 10.3. The highest BCUT2D eigenvalue weighted by Crippen LogP contribution is 2.16. The Hall–Kier alpha value is -0.380. The topological polar surface area (TPSA) is 23.5 Å². The van der Waals surface area contributed by atoms with Crippen molar-refractivity contribution in [3.8, 4) is 0 Å². The lowest BCUT2D eigenvalue weighted by Gasteiger charge is -2.29. The van der Waals surface area contributed by atoms with Crippen LogP contribution in [-0.4, -0.2) is 29.2 Å². The van der Waals surface area contributed by atoms with Crippen molar-refractivity contribution in [2.24, 2.45) is 0 Å². The molecule has 3 heteroatoms. The highest BCUT2D eigenvalue weighted by Gasteiger charge is 2.17. The predicted molar refractivity (Wildman–Crippen MR) is 64.7 cm³/mol. The molecule has 0 amide bonds. The summed E-state index contributed by atoms with van der Waals surface area (Å²) >= 11 is 3.47. The van der Waals surface area contributed by atoms with Crippen LogP contribution in [0, 0.1) is 0 Å². The second kappa shape index (κ2) is 5.10. The Bertz CT molecular complexity index is 329. The fourth-order valence-corrected chi connectivity index (χ4v) is 2.51. The van der Waals surface area contributed by atoms with Crippen LogP contribution in [0.3, 0.4) is 0 Å². The van der Waals surface area contributed by atoms with Crippen molar-refractivity contribution >= 4 is 15.9 Å². The van der Waals surface area contributed by atoms with E-state index in [0.717, 1.165) is 36.9 Å². The summed E-state index contributed by atoms with van der Waals surface area (Å²) in [6.45, 7) is 2.85. The first kappa shape index (κ1) is 11.1. The molecule has 0 aromatic heterocycles. The summed E-state index contributed by atoms with van der Waals surface area (Å²) in [6, 6.07) is 8.36. The van der Waals surface area contributed by atoms with E-state index in [1.54, 1.807) is 0 Å². The molecule has 0 radical (unpaired) electrons. The van der Waals surface area contributed by atoms with Gasteiger partial charge in [-0.15, -0.1) is 0 Å². The average molecular weight is 270 g/mol. The van der Waals surface area contributed by atoms with E-state index in [9.17, 15) is 5.11 Å². The number of rotatable bonds is 2. The Morgan fingerprint density at radius 3 is 3.07 bits per heavy atom. The molecule has 1 saturated heterocycles. The van der Waals surface area contributed by atoms with Crippen molar-refractivity contribution < 1.29 is 5.11 Å². The lowest BCUT2D eigenvalue weighted by molar-refractivity contribution is 0.0668. The fraction of sp³-hybridized carbons (Fsp3) is 0.500. The normalized spacial score (nSPS) is 22.9. The smallest absolute Gasteiger partial charge is 0.0667 e. The molecule has 1 aromatic carbocycles. The Labute approximate surface area is 99.0 Å². The second-order valence-electron chi connectivity index (χ2n) is 4.16. The third kappa shape index (κ3) is 3.30. The maximum atomic E-state index is 9.56. The number of aliphatic hydroxyl groups excluding tert-OH is 1. The van der Waals surface area contributed by atoms with Crippen LogP contribution in [-0.2, 0) is 6.54 Å². The minimum atomic E-state index is -0.133. The molecule has 0 saturated carbocycles. The summed E-state index contributed by atoms with van der Waals surface area (Å²) in [5, 5.41) is 9.56. The Morgan fingerprint density at radius 2 is 2.33 bits per heavy atom. The lowest BCUT2D eigenvalue weighted by atomic mass is 10.1. The van der Waals surface area contributed by atoms with Gasteiger partial charge in [-0.2, -0.15) is 0 Å². The third-order valence-corrected chi connectivity index (χ3v) is 3.27. The Morgan fingerprint density at radius 1 is 1.47 bits per heavy atom. The van der Waals surface area contributed by atoms with Crippen molar-refractivity contribution in [3.63, 3.8) is 0 Å². The van der Waals surface area contributed by atoms with Gasteiger partial charge in [-0.3, -0.25) is 4.90 Å². The first-order valence-corrected chi connectivity index (χ1v) is 6.18. The van der Waals surface area contributed by atoms with E-state index < -0.39 is 0 Å². The van der Waals surface area contributed by atoms with E-state index in [2.05, 4.69) is 39.0 Å². The van der Waals surface area contributed by atoms with Crippen LogP contribution in [0.15, 0.2) is 28.7 Å². The SMILES string of the molecule is O[C@H]1CCCN(Cc2cccc(Br)c2)C1. The summed E-state index contributed by atoms with van der Waals surface area (Å²) in [4.78, 5) is 2.32. The van der Waals surface area contributed by atoms with Gasteiger partial charge in [0.25, 0.3) is 0 Å². The van der Waals surface area contributed by atoms with Gasteiger partial charge in [0.15, 0.2) is 0 Å². The number of hydrogen-bond donors (Lipinski definition) is 1. The third-order valence-electron chi connectivity index (χ3n) is 2.78. The molecule has 0 aliphatic carbocycles. The minimum absolute atomic E-state index is 0.133. The van der Waals surface area contributed by atoms with Crippen LogP contribution in [0.5, 0.6) is 0 Å². The molecule has 2 rings (SSSR count). The van der Waals surface area contributed by atoms with E-state index in [4.69, 9.17) is 0 Å². The minimum Gasteiger partial charge on any atom is -0.392 e. The molecule has 1 fully saturated rings. The molecule has 0 unspecified atom stereocenters. The number of benzene rings is 1. The highest BCUT2D eigenvalue weighted by molar-refractivity contribution is 9.10. The number of hydrogen-bond acceptors (Lipinski definition) is 2. The largest absolute Gasteiger partial charge is 0.392 e. The molecule has 0 bridgehead atoms. The van der Waals surface area contributed by atoms with Crippen LogP contribution in [0.2, 0.25) is 0 Å². The van der Waals surface area contributed by atoms with E-state index in [0.29, 0.717) is 0 Å². The van der Waals surface area contributed by atoms with Crippen molar-refractivity contribution in [3.05, 3.63) is 34.3 Å². The zero-order valence-electron chi connectivity index (χ0n) is 8.69. The summed E-state index contributed by atoms with van der Waals surface area (Å²) in [7, 11) is 0.